The summed E-state index contributed by atoms with van der Waals surface area (Å²) < 4.78 is 0. The van der Waals surface area contributed by atoms with Gasteiger partial charge < -0.3 is 10.6 Å². The first-order valence-corrected chi connectivity index (χ1v) is 10.6. The van der Waals surface area contributed by atoms with Crippen molar-refractivity contribution < 1.29 is 4.79 Å². The molecule has 4 rings (SSSR count). The summed E-state index contributed by atoms with van der Waals surface area (Å²) in [6.07, 6.45) is 8.59. The lowest BCUT2D eigenvalue weighted by atomic mass is 9.68. The van der Waals surface area contributed by atoms with Gasteiger partial charge in [-0.05, 0) is 61.6 Å². The van der Waals surface area contributed by atoms with Crippen molar-refractivity contribution in [1.29, 1.82) is 0 Å². The quantitative estimate of drug-likeness (QED) is 0.572. The molecule has 0 spiro atoms. The van der Waals surface area contributed by atoms with Gasteiger partial charge in [0.05, 0.1) is 17.8 Å². The molecule has 164 valence electrons. The van der Waals surface area contributed by atoms with Crippen LogP contribution in [0.15, 0.2) is 61.1 Å². The van der Waals surface area contributed by atoms with Gasteiger partial charge in [0.2, 0.25) is 0 Å². The molecule has 0 bridgehead atoms. The van der Waals surface area contributed by atoms with Crippen LogP contribution in [0.3, 0.4) is 0 Å². The first-order valence-electron chi connectivity index (χ1n) is 10.3. The molecule has 3 aromatic rings. The zero-order valence-corrected chi connectivity index (χ0v) is 18.8. The van der Waals surface area contributed by atoms with E-state index in [4.69, 9.17) is 17.3 Å². The highest BCUT2D eigenvalue weighted by molar-refractivity contribution is 6.30. The van der Waals surface area contributed by atoms with E-state index in [1.807, 2.05) is 35.2 Å². The molecule has 31 heavy (non-hydrogen) atoms. The number of halogens is 2. The number of benzene rings is 1. The Morgan fingerprint density at radius 1 is 1.19 bits per heavy atom. The minimum absolute atomic E-state index is 0. The summed E-state index contributed by atoms with van der Waals surface area (Å²) in [4.78, 5) is 19.4. The number of aromatic amines is 1. The summed E-state index contributed by atoms with van der Waals surface area (Å²) in [5.74, 6) is -0.00861. The number of aromatic nitrogens is 3. The third-order valence-electron chi connectivity index (χ3n) is 6.25. The van der Waals surface area contributed by atoms with E-state index in [1.54, 1.807) is 24.7 Å². The monoisotopic (exact) mass is 459 g/mol. The first-order chi connectivity index (χ1) is 14.6. The van der Waals surface area contributed by atoms with E-state index in [2.05, 4.69) is 21.2 Å². The standard InChI is InChI=1S/C23H26ClN5O.ClH/c24-19-5-1-4-18(13-19)23(16-25)9-6-21(7-10-23)29(15-20-8-12-27-28-20)22(30)17-3-2-11-26-14-17;/h1-5,8,11-14,21H,6-7,9-10,15-16,25H2,(H,27,28);1H. The van der Waals surface area contributed by atoms with E-state index in [-0.39, 0.29) is 29.8 Å². The molecule has 1 saturated carbocycles. The Bertz CT molecular complexity index is 973. The lowest BCUT2D eigenvalue weighted by Crippen LogP contribution is -2.47. The summed E-state index contributed by atoms with van der Waals surface area (Å²) in [5.41, 5.74) is 8.86. The minimum Gasteiger partial charge on any atom is -0.330 e. The Morgan fingerprint density at radius 2 is 2.00 bits per heavy atom. The Morgan fingerprint density at radius 3 is 2.61 bits per heavy atom. The second-order valence-corrected chi connectivity index (χ2v) is 8.42. The first kappa shape index (κ1) is 23.3. The number of nitrogens with two attached hydrogens (primary N) is 1. The van der Waals surface area contributed by atoms with Gasteiger partial charge in [0.25, 0.3) is 5.91 Å². The van der Waals surface area contributed by atoms with Crippen molar-refractivity contribution in [2.75, 3.05) is 6.54 Å². The SMILES string of the molecule is Cl.NCC1(c2cccc(Cl)c2)CCC(N(Cc2ccn[nH]2)C(=O)c2cccnc2)CC1. The van der Waals surface area contributed by atoms with Crippen LogP contribution < -0.4 is 5.73 Å². The highest BCUT2D eigenvalue weighted by atomic mass is 35.5. The van der Waals surface area contributed by atoms with Crippen LogP contribution >= 0.6 is 24.0 Å². The molecule has 0 radical (unpaired) electrons. The summed E-state index contributed by atoms with van der Waals surface area (Å²) in [6, 6.07) is 13.6. The van der Waals surface area contributed by atoms with Gasteiger partial charge in [0, 0.05) is 41.6 Å². The highest BCUT2D eigenvalue weighted by Gasteiger charge is 2.39. The van der Waals surface area contributed by atoms with E-state index in [1.165, 1.54) is 5.56 Å². The van der Waals surface area contributed by atoms with Gasteiger partial charge in [-0.25, -0.2) is 0 Å². The molecular weight excluding hydrogens is 433 g/mol. The maximum Gasteiger partial charge on any atom is 0.256 e. The molecule has 8 heteroatoms. The largest absolute Gasteiger partial charge is 0.330 e. The van der Waals surface area contributed by atoms with Gasteiger partial charge in [-0.15, -0.1) is 12.4 Å². The predicted octanol–water partition coefficient (Wildman–Crippen LogP) is 4.36. The zero-order chi connectivity index (χ0) is 21.0. The lowest BCUT2D eigenvalue weighted by Gasteiger charge is -2.43. The lowest BCUT2D eigenvalue weighted by molar-refractivity contribution is 0.0569. The fourth-order valence-corrected chi connectivity index (χ4v) is 4.66. The van der Waals surface area contributed by atoms with E-state index in [9.17, 15) is 4.79 Å². The predicted molar refractivity (Wildman–Crippen MR) is 124 cm³/mol. The van der Waals surface area contributed by atoms with Crippen molar-refractivity contribution in [3.63, 3.8) is 0 Å². The normalized spacial score (nSPS) is 20.6. The number of pyridine rings is 1. The third-order valence-corrected chi connectivity index (χ3v) is 6.48. The number of carbonyl (C=O) groups is 1. The minimum atomic E-state index is -0.0988. The van der Waals surface area contributed by atoms with Gasteiger partial charge in [0.1, 0.15) is 0 Å². The smallest absolute Gasteiger partial charge is 0.256 e. The van der Waals surface area contributed by atoms with Crippen LogP contribution in [0, 0.1) is 0 Å². The van der Waals surface area contributed by atoms with E-state index in [0.717, 1.165) is 36.4 Å². The van der Waals surface area contributed by atoms with Crippen molar-refractivity contribution in [2.45, 2.75) is 43.7 Å². The summed E-state index contributed by atoms with van der Waals surface area (Å²) in [5, 5.41) is 7.74. The molecule has 0 aliphatic heterocycles. The average molecular weight is 460 g/mol. The molecule has 0 atom stereocenters. The van der Waals surface area contributed by atoms with E-state index in [0.29, 0.717) is 18.7 Å². The van der Waals surface area contributed by atoms with Gasteiger partial charge in [0.15, 0.2) is 0 Å². The van der Waals surface area contributed by atoms with Crippen LogP contribution in [0.25, 0.3) is 0 Å². The number of H-pyrrole nitrogens is 1. The van der Waals surface area contributed by atoms with Crippen molar-refractivity contribution in [3.05, 3.63) is 82.9 Å². The topological polar surface area (TPSA) is 87.9 Å². The van der Waals surface area contributed by atoms with Crippen LogP contribution in [0.2, 0.25) is 5.02 Å². The molecule has 1 fully saturated rings. The molecule has 2 heterocycles. The number of hydrogen-bond donors (Lipinski definition) is 2. The summed E-state index contributed by atoms with van der Waals surface area (Å²) >= 11 is 6.24. The van der Waals surface area contributed by atoms with Crippen LogP contribution in [-0.4, -0.2) is 38.6 Å². The Balaban J connectivity index is 0.00000272. The highest BCUT2D eigenvalue weighted by Crippen LogP contribution is 2.41. The molecule has 1 aliphatic rings. The van der Waals surface area contributed by atoms with Crippen molar-refractivity contribution in [1.82, 2.24) is 20.1 Å². The third kappa shape index (κ3) is 5.09. The van der Waals surface area contributed by atoms with E-state index >= 15 is 0 Å². The number of carbonyl (C=O) groups excluding carboxylic acids is 1. The van der Waals surface area contributed by atoms with E-state index < -0.39 is 0 Å². The maximum atomic E-state index is 13.3. The molecule has 1 aromatic carbocycles. The molecule has 1 amide bonds. The van der Waals surface area contributed by atoms with Gasteiger partial charge in [-0.1, -0.05) is 23.7 Å². The number of hydrogen-bond acceptors (Lipinski definition) is 4. The molecule has 0 unspecified atom stereocenters. The van der Waals surface area contributed by atoms with Crippen LogP contribution in [0.4, 0.5) is 0 Å². The Hall–Kier alpha value is -2.41. The molecule has 0 saturated heterocycles. The zero-order valence-electron chi connectivity index (χ0n) is 17.2. The molecule has 2 aromatic heterocycles. The molecule has 6 nitrogen and oxygen atoms in total. The maximum absolute atomic E-state index is 13.3. The second-order valence-electron chi connectivity index (χ2n) is 7.98. The molecule has 1 aliphatic carbocycles. The van der Waals surface area contributed by atoms with Crippen molar-refractivity contribution >= 4 is 29.9 Å². The van der Waals surface area contributed by atoms with Crippen molar-refractivity contribution in [3.8, 4) is 0 Å². The fraction of sp³-hybridized carbons (Fsp3) is 0.348. The number of nitrogens with one attached hydrogen (secondary N) is 1. The summed E-state index contributed by atoms with van der Waals surface area (Å²) in [6.45, 7) is 1.06. The second kappa shape index (κ2) is 10.3. The molecule has 3 N–H and O–H groups in total. The Labute approximate surface area is 193 Å². The van der Waals surface area contributed by atoms with Gasteiger partial charge >= 0.3 is 0 Å². The summed E-state index contributed by atoms with van der Waals surface area (Å²) in [7, 11) is 0. The number of rotatable bonds is 6. The van der Waals surface area contributed by atoms with Gasteiger partial charge in [-0.2, -0.15) is 5.10 Å². The molecular formula is C23H27Cl2N5O. The number of amides is 1. The van der Waals surface area contributed by atoms with Crippen LogP contribution in [-0.2, 0) is 12.0 Å². The van der Waals surface area contributed by atoms with Crippen LogP contribution in [0.1, 0.15) is 47.3 Å². The van der Waals surface area contributed by atoms with Gasteiger partial charge in [-0.3, -0.25) is 14.9 Å². The average Bonchev–Trinajstić information content (AvgIpc) is 3.31. The van der Waals surface area contributed by atoms with Crippen molar-refractivity contribution in [2.24, 2.45) is 5.73 Å². The van der Waals surface area contributed by atoms with Crippen LogP contribution in [0.5, 0.6) is 0 Å². The number of nitrogens with zero attached hydrogens (tertiary/aromatic N) is 3. The fourth-order valence-electron chi connectivity index (χ4n) is 4.47. The Kier molecular flexibility index (Phi) is 7.70.